The first-order valence-corrected chi connectivity index (χ1v) is 12.1. The Morgan fingerprint density at radius 3 is 2.21 bits per heavy atom. The summed E-state index contributed by atoms with van der Waals surface area (Å²) in [5.74, 6) is 1.12. The normalized spacial score (nSPS) is 19.8. The minimum atomic E-state index is -3.18. The minimum Gasteiger partial charge on any atom is -0.357 e. The Balaban J connectivity index is 0.00000420. The Bertz CT molecular complexity index is 632. The fourth-order valence-corrected chi connectivity index (χ4v) is 4.18. The number of guanidine groups is 1. The van der Waals surface area contributed by atoms with Crippen molar-refractivity contribution in [2.24, 2.45) is 4.99 Å². The number of nitrogens with one attached hydrogen (secondary N) is 2. The van der Waals surface area contributed by atoms with Gasteiger partial charge in [-0.3, -0.25) is 14.7 Å². The molecule has 0 radical (unpaired) electrons. The highest BCUT2D eigenvalue weighted by Gasteiger charge is 2.30. The summed E-state index contributed by atoms with van der Waals surface area (Å²) in [5, 5.41) is 3.28. The summed E-state index contributed by atoms with van der Waals surface area (Å²) in [6.45, 7) is 12.1. The van der Waals surface area contributed by atoms with Gasteiger partial charge in [0.15, 0.2) is 5.96 Å². The summed E-state index contributed by atoms with van der Waals surface area (Å²) in [5.41, 5.74) is 0. The van der Waals surface area contributed by atoms with Gasteiger partial charge in [0.05, 0.1) is 18.3 Å². The zero-order valence-corrected chi connectivity index (χ0v) is 21.0. The van der Waals surface area contributed by atoms with Crippen molar-refractivity contribution in [2.45, 2.75) is 39.7 Å². The van der Waals surface area contributed by atoms with E-state index < -0.39 is 10.0 Å². The SMILES string of the molecule is CCNC(=NCCNS(=O)(=O)CC)N1CCN(C(C)C(=O)N2CCCC2)CC1.I. The molecular formula is C18H37IN6O3S. The zero-order valence-electron chi connectivity index (χ0n) is 17.9. The number of rotatable bonds is 8. The smallest absolute Gasteiger partial charge is 0.239 e. The topological polar surface area (TPSA) is 97.3 Å². The second-order valence-corrected chi connectivity index (χ2v) is 9.36. The van der Waals surface area contributed by atoms with Crippen LogP contribution in [0, 0.1) is 0 Å². The van der Waals surface area contributed by atoms with Crippen molar-refractivity contribution in [2.75, 3.05) is 64.7 Å². The summed E-state index contributed by atoms with van der Waals surface area (Å²) in [6.07, 6.45) is 2.23. The molecule has 0 aromatic rings. The van der Waals surface area contributed by atoms with Crippen LogP contribution in [0.2, 0.25) is 0 Å². The van der Waals surface area contributed by atoms with Gasteiger partial charge < -0.3 is 15.1 Å². The highest BCUT2D eigenvalue weighted by Crippen LogP contribution is 2.14. The third kappa shape index (κ3) is 8.18. The zero-order chi connectivity index (χ0) is 20.6. The molecule has 2 fully saturated rings. The number of halogens is 1. The third-order valence-corrected chi connectivity index (χ3v) is 6.75. The fourth-order valence-electron chi connectivity index (χ4n) is 3.57. The predicted octanol–water partition coefficient (Wildman–Crippen LogP) is 0.138. The number of nitrogens with zero attached hydrogens (tertiary/aromatic N) is 4. The second kappa shape index (κ2) is 12.9. The Kier molecular flexibility index (Phi) is 11.7. The highest BCUT2D eigenvalue weighted by atomic mass is 127. The van der Waals surface area contributed by atoms with Gasteiger partial charge in [-0.25, -0.2) is 13.1 Å². The summed E-state index contributed by atoms with van der Waals surface area (Å²) in [4.78, 5) is 23.6. The van der Waals surface area contributed by atoms with Crippen LogP contribution >= 0.6 is 24.0 Å². The number of carbonyl (C=O) groups excluding carboxylic acids is 1. The average Bonchev–Trinajstić information content (AvgIpc) is 3.24. The maximum atomic E-state index is 12.6. The lowest BCUT2D eigenvalue weighted by Crippen LogP contribution is -2.57. The van der Waals surface area contributed by atoms with E-state index in [2.05, 4.69) is 24.8 Å². The molecule has 11 heteroatoms. The van der Waals surface area contributed by atoms with E-state index in [1.807, 2.05) is 18.7 Å². The Hall–Kier alpha value is -0.660. The molecule has 2 N–H and O–H groups in total. The van der Waals surface area contributed by atoms with E-state index in [-0.39, 0.29) is 41.7 Å². The number of carbonyl (C=O) groups is 1. The van der Waals surface area contributed by atoms with E-state index in [4.69, 9.17) is 0 Å². The fraction of sp³-hybridized carbons (Fsp3) is 0.889. The van der Waals surface area contributed by atoms with Gasteiger partial charge in [-0.05, 0) is 33.6 Å². The van der Waals surface area contributed by atoms with Crippen LogP contribution in [0.1, 0.15) is 33.6 Å². The Morgan fingerprint density at radius 1 is 1.03 bits per heavy atom. The molecule has 170 valence electrons. The number of piperazine rings is 1. The monoisotopic (exact) mass is 544 g/mol. The third-order valence-electron chi connectivity index (χ3n) is 5.35. The van der Waals surface area contributed by atoms with E-state index in [1.54, 1.807) is 6.92 Å². The van der Waals surface area contributed by atoms with E-state index in [9.17, 15) is 13.2 Å². The molecule has 2 heterocycles. The Labute approximate surface area is 192 Å². The maximum absolute atomic E-state index is 12.6. The Morgan fingerprint density at radius 2 is 1.66 bits per heavy atom. The number of aliphatic imine (C=N–C) groups is 1. The molecule has 29 heavy (non-hydrogen) atoms. The van der Waals surface area contributed by atoms with Gasteiger partial charge >= 0.3 is 0 Å². The van der Waals surface area contributed by atoms with E-state index in [0.717, 1.165) is 64.6 Å². The molecule has 2 aliphatic rings. The molecule has 2 aliphatic heterocycles. The van der Waals surface area contributed by atoms with Crippen molar-refractivity contribution in [1.82, 2.24) is 24.7 Å². The van der Waals surface area contributed by atoms with Crippen LogP contribution in [-0.2, 0) is 14.8 Å². The van der Waals surface area contributed by atoms with Crippen molar-refractivity contribution in [3.63, 3.8) is 0 Å². The van der Waals surface area contributed by atoms with Crippen LogP contribution in [0.3, 0.4) is 0 Å². The van der Waals surface area contributed by atoms with Crippen LogP contribution in [0.25, 0.3) is 0 Å². The summed E-state index contributed by atoms with van der Waals surface area (Å²) in [7, 11) is -3.18. The molecule has 0 aliphatic carbocycles. The number of likely N-dealkylation sites (tertiary alicyclic amines) is 1. The molecule has 1 amide bonds. The predicted molar refractivity (Wildman–Crippen MR) is 127 cm³/mol. The molecule has 0 aromatic heterocycles. The van der Waals surface area contributed by atoms with E-state index in [0.29, 0.717) is 13.1 Å². The molecule has 0 aromatic carbocycles. The second-order valence-electron chi connectivity index (χ2n) is 7.26. The van der Waals surface area contributed by atoms with Crippen molar-refractivity contribution < 1.29 is 13.2 Å². The van der Waals surface area contributed by atoms with Gasteiger partial charge in [-0.2, -0.15) is 0 Å². The van der Waals surface area contributed by atoms with Gasteiger partial charge in [0, 0.05) is 52.4 Å². The van der Waals surface area contributed by atoms with Crippen molar-refractivity contribution in [3.8, 4) is 0 Å². The lowest BCUT2D eigenvalue weighted by atomic mass is 10.2. The van der Waals surface area contributed by atoms with Gasteiger partial charge in [-0.1, -0.05) is 0 Å². The first-order valence-electron chi connectivity index (χ1n) is 10.4. The molecule has 1 unspecified atom stereocenters. The van der Waals surface area contributed by atoms with Crippen LogP contribution in [0.15, 0.2) is 4.99 Å². The minimum absolute atomic E-state index is 0. The summed E-state index contributed by atoms with van der Waals surface area (Å²) in [6, 6.07) is -0.0803. The average molecular weight is 545 g/mol. The molecule has 0 saturated carbocycles. The van der Waals surface area contributed by atoms with Crippen LogP contribution in [0.4, 0.5) is 0 Å². The van der Waals surface area contributed by atoms with Gasteiger partial charge in [0.2, 0.25) is 15.9 Å². The lowest BCUT2D eigenvalue weighted by Gasteiger charge is -2.39. The van der Waals surface area contributed by atoms with Crippen LogP contribution < -0.4 is 10.0 Å². The maximum Gasteiger partial charge on any atom is 0.239 e. The molecular weight excluding hydrogens is 507 g/mol. The quantitative estimate of drug-likeness (QED) is 0.195. The van der Waals surface area contributed by atoms with Crippen molar-refractivity contribution in [1.29, 1.82) is 0 Å². The summed E-state index contributed by atoms with van der Waals surface area (Å²) >= 11 is 0. The molecule has 2 saturated heterocycles. The van der Waals surface area contributed by atoms with E-state index >= 15 is 0 Å². The molecule has 0 bridgehead atoms. The van der Waals surface area contributed by atoms with Gasteiger partial charge in [-0.15, -0.1) is 24.0 Å². The number of hydrogen-bond donors (Lipinski definition) is 2. The largest absolute Gasteiger partial charge is 0.357 e. The summed E-state index contributed by atoms with van der Waals surface area (Å²) < 4.78 is 25.5. The van der Waals surface area contributed by atoms with Gasteiger partial charge in [0.25, 0.3) is 0 Å². The molecule has 2 rings (SSSR count). The first-order chi connectivity index (χ1) is 13.4. The number of sulfonamides is 1. The highest BCUT2D eigenvalue weighted by molar-refractivity contribution is 14.0. The van der Waals surface area contributed by atoms with Gasteiger partial charge in [0.1, 0.15) is 0 Å². The van der Waals surface area contributed by atoms with Crippen molar-refractivity contribution in [3.05, 3.63) is 0 Å². The van der Waals surface area contributed by atoms with Crippen LogP contribution in [0.5, 0.6) is 0 Å². The first kappa shape index (κ1) is 26.4. The number of amides is 1. The number of hydrogen-bond acceptors (Lipinski definition) is 5. The molecule has 0 spiro atoms. The molecule has 1 atom stereocenters. The van der Waals surface area contributed by atoms with E-state index in [1.165, 1.54) is 0 Å². The van der Waals surface area contributed by atoms with Crippen molar-refractivity contribution >= 4 is 45.9 Å². The standard InChI is InChI=1S/C18H36N6O3S.HI/c1-4-19-18(20-8-9-21-28(26,27)5-2)24-14-12-22(13-15-24)16(3)17(25)23-10-6-7-11-23;/h16,21H,4-15H2,1-3H3,(H,19,20);1H. The molecule has 9 nitrogen and oxygen atoms in total. The van der Waals surface area contributed by atoms with Crippen LogP contribution in [-0.4, -0.2) is 106 Å². The lowest BCUT2D eigenvalue weighted by molar-refractivity contribution is -0.135.